The van der Waals surface area contributed by atoms with Gasteiger partial charge in [0, 0.05) is 26.0 Å². The maximum atomic E-state index is 9.01. The number of unbranched alkanes of at least 4 members (excludes halogenated alkanes) is 1. The van der Waals surface area contributed by atoms with Gasteiger partial charge in [0.1, 0.15) is 0 Å². The van der Waals surface area contributed by atoms with E-state index in [1.54, 1.807) is 12.5 Å². The van der Waals surface area contributed by atoms with Crippen LogP contribution < -0.4 is 5.73 Å². The Kier molecular flexibility index (Phi) is 6.84. The Morgan fingerprint density at radius 2 is 2.24 bits per heavy atom. The van der Waals surface area contributed by atoms with Crippen LogP contribution in [0.2, 0.25) is 0 Å². The molecule has 0 spiro atoms. The Bertz CT molecular complexity index is 302. The number of hydrogen-bond donors (Lipinski definition) is 2. The number of imidazole rings is 1. The summed E-state index contributed by atoms with van der Waals surface area (Å²) in [6.45, 7) is 4.51. The molecular formula is C12H23N3O2. The van der Waals surface area contributed by atoms with Gasteiger partial charge in [0.15, 0.2) is 0 Å². The van der Waals surface area contributed by atoms with Gasteiger partial charge < -0.3 is 20.1 Å². The lowest BCUT2D eigenvalue weighted by molar-refractivity contribution is 0.125. The molecule has 1 aromatic rings. The van der Waals surface area contributed by atoms with Crippen LogP contribution in [0.4, 0.5) is 0 Å². The molecule has 0 aromatic carbocycles. The molecule has 0 radical (unpaired) electrons. The van der Waals surface area contributed by atoms with Crippen molar-refractivity contribution in [3.05, 3.63) is 18.2 Å². The largest absolute Gasteiger partial charge is 0.394 e. The summed E-state index contributed by atoms with van der Waals surface area (Å²) in [5.41, 5.74) is 6.64. The molecule has 1 rings (SSSR count). The Morgan fingerprint density at radius 1 is 1.47 bits per heavy atom. The molecule has 0 amide bonds. The van der Waals surface area contributed by atoms with E-state index in [1.165, 1.54) is 0 Å². The van der Waals surface area contributed by atoms with Crippen molar-refractivity contribution in [3.8, 4) is 0 Å². The molecule has 5 nitrogen and oxygen atoms in total. The van der Waals surface area contributed by atoms with E-state index in [1.807, 2.05) is 4.57 Å². The number of hydrogen-bond acceptors (Lipinski definition) is 4. The number of aliphatic hydroxyl groups excluding tert-OH is 1. The van der Waals surface area contributed by atoms with E-state index in [2.05, 4.69) is 11.9 Å². The van der Waals surface area contributed by atoms with Crippen molar-refractivity contribution in [3.63, 3.8) is 0 Å². The molecule has 1 heterocycles. The third kappa shape index (κ3) is 4.85. The van der Waals surface area contributed by atoms with E-state index in [0.717, 1.165) is 44.7 Å². The fourth-order valence-corrected chi connectivity index (χ4v) is 1.61. The van der Waals surface area contributed by atoms with Crippen LogP contribution in [0, 0.1) is 0 Å². The van der Waals surface area contributed by atoms with E-state index >= 15 is 0 Å². The highest BCUT2D eigenvalue weighted by Crippen LogP contribution is 2.09. The Morgan fingerprint density at radius 3 is 2.94 bits per heavy atom. The number of nitrogens with zero attached hydrogens (tertiary/aromatic N) is 2. The maximum absolute atomic E-state index is 9.01. The van der Waals surface area contributed by atoms with Gasteiger partial charge in [0.25, 0.3) is 0 Å². The first-order valence-corrected chi connectivity index (χ1v) is 6.23. The maximum Gasteiger partial charge on any atom is 0.0948 e. The number of aryl methyl sites for hydroxylation is 1. The zero-order valence-electron chi connectivity index (χ0n) is 10.5. The SMILES string of the molecule is CCCCOCCCn1cncc1C(N)CO. The molecule has 5 heteroatoms. The van der Waals surface area contributed by atoms with E-state index in [9.17, 15) is 0 Å². The molecule has 1 unspecified atom stereocenters. The minimum Gasteiger partial charge on any atom is -0.394 e. The third-order valence-electron chi connectivity index (χ3n) is 2.65. The zero-order chi connectivity index (χ0) is 12.5. The summed E-state index contributed by atoms with van der Waals surface area (Å²) in [6.07, 6.45) is 6.67. The van der Waals surface area contributed by atoms with Crippen molar-refractivity contribution in [2.45, 2.75) is 38.8 Å². The summed E-state index contributed by atoms with van der Waals surface area (Å²) >= 11 is 0. The highest BCUT2D eigenvalue weighted by molar-refractivity contribution is 5.04. The number of aliphatic hydroxyl groups is 1. The first-order valence-electron chi connectivity index (χ1n) is 6.23. The second-order valence-corrected chi connectivity index (χ2v) is 4.12. The molecule has 98 valence electrons. The van der Waals surface area contributed by atoms with Crippen molar-refractivity contribution in [2.24, 2.45) is 5.73 Å². The fourth-order valence-electron chi connectivity index (χ4n) is 1.61. The number of ether oxygens (including phenoxy) is 1. The predicted molar refractivity (Wildman–Crippen MR) is 66.6 cm³/mol. The average Bonchev–Trinajstić information content (AvgIpc) is 2.81. The van der Waals surface area contributed by atoms with Gasteiger partial charge in [-0.3, -0.25) is 0 Å². The number of nitrogens with two attached hydrogens (primary N) is 1. The molecule has 0 aliphatic heterocycles. The predicted octanol–water partition coefficient (Wildman–Crippen LogP) is 1.08. The van der Waals surface area contributed by atoms with Gasteiger partial charge in [-0.25, -0.2) is 4.98 Å². The van der Waals surface area contributed by atoms with Gasteiger partial charge in [-0.15, -0.1) is 0 Å². The molecule has 0 saturated carbocycles. The van der Waals surface area contributed by atoms with E-state index in [-0.39, 0.29) is 12.6 Å². The van der Waals surface area contributed by atoms with Crippen molar-refractivity contribution in [2.75, 3.05) is 19.8 Å². The average molecular weight is 241 g/mol. The molecular weight excluding hydrogens is 218 g/mol. The van der Waals surface area contributed by atoms with Crippen LogP contribution in [0.25, 0.3) is 0 Å². The second kappa shape index (κ2) is 8.22. The summed E-state index contributed by atoms with van der Waals surface area (Å²) in [5, 5.41) is 9.01. The first kappa shape index (κ1) is 14.2. The van der Waals surface area contributed by atoms with Crippen molar-refractivity contribution in [1.29, 1.82) is 0 Å². The van der Waals surface area contributed by atoms with Gasteiger partial charge in [-0.1, -0.05) is 13.3 Å². The van der Waals surface area contributed by atoms with E-state index in [0.29, 0.717) is 0 Å². The van der Waals surface area contributed by atoms with Crippen molar-refractivity contribution >= 4 is 0 Å². The lowest BCUT2D eigenvalue weighted by atomic mass is 10.2. The zero-order valence-corrected chi connectivity index (χ0v) is 10.5. The van der Waals surface area contributed by atoms with Gasteiger partial charge in [-0.2, -0.15) is 0 Å². The molecule has 0 aliphatic carbocycles. The van der Waals surface area contributed by atoms with Gasteiger partial charge >= 0.3 is 0 Å². The molecule has 1 aromatic heterocycles. The van der Waals surface area contributed by atoms with Crippen molar-refractivity contribution in [1.82, 2.24) is 9.55 Å². The van der Waals surface area contributed by atoms with Crippen LogP contribution in [0.5, 0.6) is 0 Å². The quantitative estimate of drug-likeness (QED) is 0.635. The summed E-state index contributed by atoms with van der Waals surface area (Å²) in [6, 6.07) is -0.349. The second-order valence-electron chi connectivity index (χ2n) is 4.12. The van der Waals surface area contributed by atoms with E-state index < -0.39 is 0 Å². The lowest BCUT2D eigenvalue weighted by Crippen LogP contribution is -2.19. The smallest absolute Gasteiger partial charge is 0.0948 e. The fraction of sp³-hybridized carbons (Fsp3) is 0.750. The monoisotopic (exact) mass is 241 g/mol. The highest BCUT2D eigenvalue weighted by atomic mass is 16.5. The minimum absolute atomic E-state index is 0.0569. The topological polar surface area (TPSA) is 73.3 Å². The van der Waals surface area contributed by atoms with Crippen LogP contribution in [-0.4, -0.2) is 34.5 Å². The van der Waals surface area contributed by atoms with Gasteiger partial charge in [0.05, 0.1) is 24.7 Å². The van der Waals surface area contributed by atoms with Gasteiger partial charge in [0.2, 0.25) is 0 Å². The third-order valence-corrected chi connectivity index (χ3v) is 2.65. The van der Waals surface area contributed by atoms with Crippen LogP contribution in [0.15, 0.2) is 12.5 Å². The highest BCUT2D eigenvalue weighted by Gasteiger charge is 2.09. The summed E-state index contributed by atoms with van der Waals surface area (Å²) in [5.74, 6) is 0. The molecule has 0 fully saturated rings. The van der Waals surface area contributed by atoms with Crippen LogP contribution >= 0.6 is 0 Å². The molecule has 0 aliphatic rings. The Hall–Kier alpha value is -0.910. The Balaban J connectivity index is 2.24. The number of rotatable bonds is 9. The molecule has 3 N–H and O–H groups in total. The standard InChI is InChI=1S/C12H23N3O2/c1-2-3-6-17-7-4-5-15-10-14-8-12(15)11(13)9-16/h8,10-11,16H,2-7,9,13H2,1H3. The van der Waals surface area contributed by atoms with Gasteiger partial charge in [-0.05, 0) is 12.8 Å². The lowest BCUT2D eigenvalue weighted by Gasteiger charge is -2.12. The van der Waals surface area contributed by atoms with Crippen LogP contribution in [-0.2, 0) is 11.3 Å². The molecule has 0 saturated heterocycles. The normalized spacial score (nSPS) is 12.9. The van der Waals surface area contributed by atoms with Crippen LogP contribution in [0.3, 0.4) is 0 Å². The molecule has 1 atom stereocenters. The van der Waals surface area contributed by atoms with Crippen molar-refractivity contribution < 1.29 is 9.84 Å². The first-order chi connectivity index (χ1) is 8.29. The minimum atomic E-state index is -0.349. The summed E-state index contributed by atoms with van der Waals surface area (Å²) < 4.78 is 7.46. The Labute approximate surface area is 103 Å². The molecule has 17 heavy (non-hydrogen) atoms. The van der Waals surface area contributed by atoms with Crippen LogP contribution in [0.1, 0.15) is 37.9 Å². The number of aromatic nitrogens is 2. The summed E-state index contributed by atoms with van der Waals surface area (Å²) in [7, 11) is 0. The summed E-state index contributed by atoms with van der Waals surface area (Å²) in [4.78, 5) is 4.05. The molecule has 0 bridgehead atoms. The van der Waals surface area contributed by atoms with E-state index in [4.69, 9.17) is 15.6 Å².